The Morgan fingerprint density at radius 2 is 1.76 bits per heavy atom. The smallest absolute Gasteiger partial charge is 0.0366 e. The van der Waals surface area contributed by atoms with E-state index in [-0.39, 0.29) is 0 Å². The quantitative estimate of drug-likeness (QED) is 0.833. The van der Waals surface area contributed by atoms with Crippen LogP contribution < -0.4 is 4.90 Å². The van der Waals surface area contributed by atoms with E-state index in [1.165, 1.54) is 76.9 Å². The Morgan fingerprint density at radius 3 is 2.52 bits per heavy atom. The Bertz CT molecular complexity index is 456. The number of para-hydroxylation sites is 1. The Morgan fingerprint density at radius 1 is 1.00 bits per heavy atom. The lowest BCUT2D eigenvalue weighted by atomic mass is 9.68. The number of rotatable bonds is 3. The molecular weight excluding hydrogens is 256 g/mol. The fourth-order valence-electron chi connectivity index (χ4n) is 4.87. The molecule has 1 aliphatic carbocycles. The summed E-state index contributed by atoms with van der Waals surface area (Å²) in [7, 11) is 0. The molecule has 0 bridgehead atoms. The van der Waals surface area contributed by atoms with Crippen molar-refractivity contribution < 1.29 is 0 Å². The zero-order valence-corrected chi connectivity index (χ0v) is 13.1. The molecule has 1 atom stereocenters. The van der Waals surface area contributed by atoms with E-state index >= 15 is 0 Å². The second-order valence-corrected chi connectivity index (χ2v) is 7.67. The molecule has 1 aromatic rings. The van der Waals surface area contributed by atoms with Crippen LogP contribution in [0.4, 0.5) is 5.69 Å². The van der Waals surface area contributed by atoms with Crippen molar-refractivity contribution in [2.45, 2.75) is 38.5 Å². The maximum absolute atomic E-state index is 2.74. The van der Waals surface area contributed by atoms with E-state index in [4.69, 9.17) is 0 Å². The van der Waals surface area contributed by atoms with Crippen molar-refractivity contribution in [2.24, 2.45) is 11.3 Å². The monoisotopic (exact) mass is 284 g/mol. The van der Waals surface area contributed by atoms with Gasteiger partial charge in [0, 0.05) is 38.4 Å². The number of likely N-dealkylation sites (tertiary alicyclic amines) is 1. The van der Waals surface area contributed by atoms with E-state index in [0.29, 0.717) is 0 Å². The molecular formula is C19H28N2. The Balaban J connectivity index is 1.26. The van der Waals surface area contributed by atoms with Gasteiger partial charge < -0.3 is 9.80 Å². The van der Waals surface area contributed by atoms with Crippen LogP contribution in [-0.2, 0) is 0 Å². The van der Waals surface area contributed by atoms with Gasteiger partial charge in [-0.05, 0) is 42.7 Å². The molecule has 3 aliphatic rings. The van der Waals surface area contributed by atoms with Crippen LogP contribution in [0, 0.1) is 11.3 Å². The van der Waals surface area contributed by atoms with Gasteiger partial charge in [-0.3, -0.25) is 0 Å². The van der Waals surface area contributed by atoms with Crippen LogP contribution in [0.3, 0.4) is 0 Å². The number of anilines is 1. The number of nitrogens with zero attached hydrogens (tertiary/aromatic N) is 2. The topological polar surface area (TPSA) is 6.48 Å². The maximum atomic E-state index is 2.74. The van der Waals surface area contributed by atoms with E-state index in [0.717, 1.165) is 11.3 Å². The lowest BCUT2D eigenvalue weighted by molar-refractivity contribution is -0.0347. The minimum atomic E-state index is 0.746. The Labute approximate surface area is 129 Å². The maximum Gasteiger partial charge on any atom is 0.0366 e. The molecule has 2 saturated heterocycles. The van der Waals surface area contributed by atoms with Gasteiger partial charge in [0.15, 0.2) is 0 Å². The van der Waals surface area contributed by atoms with Gasteiger partial charge in [-0.1, -0.05) is 37.5 Å². The normalized spacial score (nSPS) is 28.8. The van der Waals surface area contributed by atoms with Gasteiger partial charge in [0.25, 0.3) is 0 Å². The Hall–Kier alpha value is -1.02. The summed E-state index contributed by atoms with van der Waals surface area (Å²) in [5.41, 5.74) is 2.16. The lowest BCUT2D eigenvalue weighted by Gasteiger charge is -2.53. The zero-order chi connectivity index (χ0) is 14.1. The highest BCUT2D eigenvalue weighted by Crippen LogP contribution is 2.44. The molecule has 2 heterocycles. The molecule has 1 unspecified atom stereocenters. The number of hydrogen-bond donors (Lipinski definition) is 0. The molecule has 1 saturated carbocycles. The van der Waals surface area contributed by atoms with Crippen molar-refractivity contribution in [3.8, 4) is 0 Å². The van der Waals surface area contributed by atoms with Gasteiger partial charge in [-0.2, -0.15) is 0 Å². The molecule has 1 spiro atoms. The SMILES string of the molecule is c1ccc(N2CCC(CN3CC4(CCCCC4)C3)C2)cc1. The van der Waals surface area contributed by atoms with Gasteiger partial charge >= 0.3 is 0 Å². The first-order chi connectivity index (χ1) is 10.3. The summed E-state index contributed by atoms with van der Waals surface area (Å²) in [5.74, 6) is 0.881. The average Bonchev–Trinajstić information content (AvgIpc) is 2.96. The van der Waals surface area contributed by atoms with Crippen LogP contribution in [0.15, 0.2) is 30.3 Å². The van der Waals surface area contributed by atoms with Crippen molar-refractivity contribution in [3.05, 3.63) is 30.3 Å². The van der Waals surface area contributed by atoms with E-state index < -0.39 is 0 Å². The number of benzene rings is 1. The summed E-state index contributed by atoms with van der Waals surface area (Å²) >= 11 is 0. The highest BCUT2D eigenvalue weighted by Gasteiger charge is 2.43. The largest absolute Gasteiger partial charge is 0.371 e. The summed E-state index contributed by atoms with van der Waals surface area (Å²) in [5, 5.41) is 0. The van der Waals surface area contributed by atoms with Crippen LogP contribution in [0.25, 0.3) is 0 Å². The highest BCUT2D eigenvalue weighted by atomic mass is 15.2. The molecule has 4 rings (SSSR count). The molecule has 21 heavy (non-hydrogen) atoms. The van der Waals surface area contributed by atoms with Crippen LogP contribution in [-0.4, -0.2) is 37.6 Å². The van der Waals surface area contributed by atoms with Crippen molar-refractivity contribution in [1.82, 2.24) is 4.90 Å². The molecule has 0 N–H and O–H groups in total. The Kier molecular flexibility index (Phi) is 3.66. The third kappa shape index (κ3) is 2.83. The third-order valence-electron chi connectivity index (χ3n) is 5.96. The van der Waals surface area contributed by atoms with Gasteiger partial charge in [0.1, 0.15) is 0 Å². The van der Waals surface area contributed by atoms with Gasteiger partial charge in [-0.25, -0.2) is 0 Å². The van der Waals surface area contributed by atoms with Crippen molar-refractivity contribution in [1.29, 1.82) is 0 Å². The molecule has 2 heteroatoms. The summed E-state index contributed by atoms with van der Waals surface area (Å²) in [6.07, 6.45) is 8.83. The first-order valence-corrected chi connectivity index (χ1v) is 8.85. The van der Waals surface area contributed by atoms with Gasteiger partial charge in [0.05, 0.1) is 0 Å². The third-order valence-corrected chi connectivity index (χ3v) is 5.96. The van der Waals surface area contributed by atoms with E-state index in [1.54, 1.807) is 0 Å². The molecule has 0 amide bonds. The predicted molar refractivity (Wildman–Crippen MR) is 88.7 cm³/mol. The molecule has 2 aliphatic heterocycles. The van der Waals surface area contributed by atoms with E-state index in [1.807, 2.05) is 0 Å². The minimum Gasteiger partial charge on any atom is -0.371 e. The van der Waals surface area contributed by atoms with E-state index in [9.17, 15) is 0 Å². The second kappa shape index (κ2) is 5.64. The molecule has 114 valence electrons. The second-order valence-electron chi connectivity index (χ2n) is 7.67. The van der Waals surface area contributed by atoms with Crippen molar-refractivity contribution >= 4 is 5.69 Å². The van der Waals surface area contributed by atoms with Crippen LogP contribution in [0.2, 0.25) is 0 Å². The predicted octanol–water partition coefficient (Wildman–Crippen LogP) is 3.78. The average molecular weight is 284 g/mol. The summed E-state index contributed by atoms with van der Waals surface area (Å²) in [6, 6.07) is 10.9. The molecule has 0 aromatic heterocycles. The fraction of sp³-hybridized carbons (Fsp3) is 0.684. The van der Waals surface area contributed by atoms with Gasteiger partial charge in [-0.15, -0.1) is 0 Å². The summed E-state index contributed by atoms with van der Waals surface area (Å²) in [4.78, 5) is 5.31. The molecule has 2 nitrogen and oxygen atoms in total. The number of hydrogen-bond acceptors (Lipinski definition) is 2. The first-order valence-electron chi connectivity index (χ1n) is 8.85. The molecule has 1 aromatic carbocycles. The van der Waals surface area contributed by atoms with Crippen LogP contribution >= 0.6 is 0 Å². The summed E-state index contributed by atoms with van der Waals surface area (Å²) in [6.45, 7) is 6.63. The van der Waals surface area contributed by atoms with E-state index in [2.05, 4.69) is 40.1 Å². The van der Waals surface area contributed by atoms with Crippen molar-refractivity contribution in [3.63, 3.8) is 0 Å². The van der Waals surface area contributed by atoms with Crippen LogP contribution in [0.1, 0.15) is 38.5 Å². The highest BCUT2D eigenvalue weighted by molar-refractivity contribution is 5.46. The molecule has 3 fully saturated rings. The molecule has 0 radical (unpaired) electrons. The zero-order valence-electron chi connectivity index (χ0n) is 13.1. The standard InChI is InChI=1S/C19H28N2/c1-3-7-18(8-4-1)21-12-9-17(14-21)13-20-15-19(16-20)10-5-2-6-11-19/h1,3-4,7-8,17H,2,5-6,9-16H2. The summed E-state index contributed by atoms with van der Waals surface area (Å²) < 4.78 is 0. The van der Waals surface area contributed by atoms with Gasteiger partial charge in [0.2, 0.25) is 0 Å². The fourth-order valence-corrected chi connectivity index (χ4v) is 4.87. The lowest BCUT2D eigenvalue weighted by Crippen LogP contribution is -2.58. The van der Waals surface area contributed by atoms with Crippen molar-refractivity contribution in [2.75, 3.05) is 37.6 Å². The first kappa shape index (κ1) is 13.6. The van der Waals surface area contributed by atoms with Crippen LogP contribution in [0.5, 0.6) is 0 Å². The minimum absolute atomic E-state index is 0.746.